The average Bonchev–Trinajstić information content (AvgIpc) is 3.78. The van der Waals surface area contributed by atoms with Gasteiger partial charge in [0.2, 0.25) is 5.79 Å². The zero-order valence-corrected chi connectivity index (χ0v) is 44.7. The number of methoxy groups -OCH3 is 2. The molecular formula is C59H82N2O12. The molecule has 7 rings (SSSR count). The van der Waals surface area contributed by atoms with Crippen molar-refractivity contribution in [2.75, 3.05) is 27.4 Å². The van der Waals surface area contributed by atoms with Gasteiger partial charge in [0.05, 0.1) is 24.4 Å². The fourth-order valence-corrected chi connectivity index (χ4v) is 12.0. The topological polar surface area (TPSA) is 172 Å². The first kappa shape index (κ1) is 56.0. The Hall–Kier alpha value is -4.70. The Morgan fingerprint density at radius 1 is 0.877 bits per heavy atom. The largest absolute Gasteiger partial charge is 0.488 e. The van der Waals surface area contributed by atoms with Gasteiger partial charge in [0.15, 0.2) is 0 Å². The predicted molar refractivity (Wildman–Crippen MR) is 279 cm³/mol. The molecule has 2 aromatic carbocycles. The summed E-state index contributed by atoms with van der Waals surface area (Å²) in [6, 6.07) is 17.5. The number of hydrogen-bond acceptors (Lipinski definition) is 12. The summed E-state index contributed by atoms with van der Waals surface area (Å²) in [7, 11) is 3.08. The van der Waals surface area contributed by atoms with E-state index in [1.165, 1.54) is 10.5 Å². The third-order valence-corrected chi connectivity index (χ3v) is 16.2. The summed E-state index contributed by atoms with van der Waals surface area (Å²) in [6.07, 6.45) is 6.67. The van der Waals surface area contributed by atoms with Crippen molar-refractivity contribution < 1.29 is 57.8 Å². The van der Waals surface area contributed by atoms with Crippen molar-refractivity contribution in [2.24, 2.45) is 29.6 Å². The molecule has 0 spiro atoms. The number of carbonyl (C=O) groups excluding carboxylic acids is 4. The van der Waals surface area contributed by atoms with Crippen LogP contribution in [0.2, 0.25) is 0 Å². The van der Waals surface area contributed by atoms with Gasteiger partial charge in [0.1, 0.15) is 35.9 Å². The Balaban J connectivity index is 1.15. The van der Waals surface area contributed by atoms with Gasteiger partial charge in [-0.2, -0.15) is 0 Å². The maximum Gasteiger partial charge on any atom is 0.329 e. The first-order valence-electron chi connectivity index (χ1n) is 27.0. The van der Waals surface area contributed by atoms with E-state index in [1.807, 2.05) is 45.9 Å². The summed E-state index contributed by atoms with van der Waals surface area (Å²) in [5, 5.41) is 25.2. The maximum atomic E-state index is 14.7. The Kier molecular flexibility index (Phi) is 19.4. The van der Waals surface area contributed by atoms with Crippen molar-refractivity contribution in [3.63, 3.8) is 0 Å². The molecule has 2 N–H and O–H groups in total. The number of Topliss-reactive ketones (excluding diaryl/α,β-unsaturated/α-hetero) is 2. The number of aliphatic hydroxyl groups is 2. The van der Waals surface area contributed by atoms with Crippen LogP contribution in [-0.4, -0.2) is 125 Å². The Morgan fingerprint density at radius 3 is 2.33 bits per heavy atom. The molecule has 2 saturated heterocycles. The quantitative estimate of drug-likeness (QED) is 0.106. The number of ketones is 2. The number of fused-ring (bicyclic) bond motifs is 4. The van der Waals surface area contributed by atoms with Crippen LogP contribution in [0.15, 0.2) is 84.1 Å². The summed E-state index contributed by atoms with van der Waals surface area (Å²) in [4.78, 5) is 58.9. The molecular weight excluding hydrogens is 929 g/mol. The number of allylic oxidation sites excluding steroid dienone is 3. The van der Waals surface area contributed by atoms with Gasteiger partial charge in [-0.1, -0.05) is 75.8 Å². The molecule has 14 heteroatoms. The molecule has 1 saturated carbocycles. The molecule has 1 amide bonds. The van der Waals surface area contributed by atoms with Crippen LogP contribution in [-0.2, 0) is 49.4 Å². The van der Waals surface area contributed by atoms with Crippen LogP contribution in [0.25, 0.3) is 10.9 Å². The first-order valence-corrected chi connectivity index (χ1v) is 27.0. The normalized spacial score (nSPS) is 33.9. The summed E-state index contributed by atoms with van der Waals surface area (Å²) < 4.78 is 39.9. The van der Waals surface area contributed by atoms with E-state index in [0.717, 1.165) is 35.2 Å². The van der Waals surface area contributed by atoms with Gasteiger partial charge < -0.3 is 48.1 Å². The minimum atomic E-state index is -2.51. The highest BCUT2D eigenvalue weighted by molar-refractivity contribution is 6.39. The number of amides is 1. The van der Waals surface area contributed by atoms with E-state index in [9.17, 15) is 29.4 Å². The van der Waals surface area contributed by atoms with E-state index in [1.54, 1.807) is 28.1 Å². The molecule has 3 aliphatic heterocycles. The van der Waals surface area contributed by atoms with Crippen molar-refractivity contribution in [1.29, 1.82) is 0 Å². The molecule has 3 fully saturated rings. The maximum absolute atomic E-state index is 14.7. The van der Waals surface area contributed by atoms with E-state index in [2.05, 4.69) is 66.2 Å². The molecule has 1 aliphatic carbocycles. The summed E-state index contributed by atoms with van der Waals surface area (Å²) in [5.41, 5.74) is 4.04. The number of benzene rings is 2. The average molecular weight is 1010 g/mol. The fraction of sp³-hybridized carbons (Fsp3) is 0.627. The summed E-state index contributed by atoms with van der Waals surface area (Å²) in [6.45, 7) is 14.6. The number of ether oxygens (including phenoxy) is 6. The summed E-state index contributed by atoms with van der Waals surface area (Å²) >= 11 is 0. The number of cyclic esters (lactones) is 1. The second-order valence-electron chi connectivity index (χ2n) is 21.6. The molecule has 3 aromatic rings. The van der Waals surface area contributed by atoms with Crippen LogP contribution in [0.3, 0.4) is 0 Å². The van der Waals surface area contributed by atoms with Crippen molar-refractivity contribution >= 4 is 34.3 Å². The highest BCUT2D eigenvalue weighted by Crippen LogP contribution is 2.40. The molecule has 4 heterocycles. The van der Waals surface area contributed by atoms with Crippen LogP contribution < -0.4 is 4.74 Å². The molecule has 14 atom stereocenters. The number of aromatic nitrogens is 1. The second-order valence-corrected chi connectivity index (χ2v) is 21.6. The number of carbonyl (C=O) groups is 4. The van der Waals surface area contributed by atoms with E-state index in [-0.39, 0.29) is 55.6 Å². The molecule has 1 aromatic heterocycles. The summed E-state index contributed by atoms with van der Waals surface area (Å²) in [5.74, 6) is -6.76. The number of piperidine rings is 1. The van der Waals surface area contributed by atoms with E-state index in [4.69, 9.17) is 28.4 Å². The molecule has 14 unspecified atom stereocenters. The lowest BCUT2D eigenvalue weighted by molar-refractivity contribution is -0.302. The monoisotopic (exact) mass is 1010 g/mol. The highest BCUT2D eigenvalue weighted by atomic mass is 16.7. The van der Waals surface area contributed by atoms with E-state index >= 15 is 0 Å². The number of esters is 1. The minimum Gasteiger partial charge on any atom is -0.488 e. The molecule has 4 aliphatic rings. The third kappa shape index (κ3) is 13.2. The fourth-order valence-electron chi connectivity index (χ4n) is 12.0. The van der Waals surface area contributed by atoms with Crippen LogP contribution >= 0.6 is 0 Å². The Bertz CT molecular complexity index is 2410. The van der Waals surface area contributed by atoms with Crippen molar-refractivity contribution in [3.05, 3.63) is 89.7 Å². The Labute approximate surface area is 432 Å². The standard InChI is InChI=1S/C59H82N2O12/c1-10-43-28-36(3)27-37(4)29-52(68-8)55-53(69-9)31-39(6)59(67,73-55)56(64)57(65)61-25-16-15-19-47(61)58(66)72-54(40(7)48(62)34-49(43)63)38(5)30-42-20-23-50(51(32-42)70-11-2)71-45-21-22-46-44(33-45)24-26-60(46)35-41-17-13-12-14-18-41/h12-14,17-18,21-22,24,26,28,30,33,37,39-40,42-43,47-48,50-55,62,67H,10-11,15-16,19-20,23,25,27,29,31-32,34-35H2,1-9H3. The highest BCUT2D eigenvalue weighted by Gasteiger charge is 2.56. The van der Waals surface area contributed by atoms with E-state index < -0.39 is 77.8 Å². The molecule has 400 valence electrons. The zero-order valence-electron chi connectivity index (χ0n) is 44.7. The van der Waals surface area contributed by atoms with Crippen molar-refractivity contribution in [2.45, 2.75) is 180 Å². The first-order chi connectivity index (χ1) is 35.0. The van der Waals surface area contributed by atoms with Crippen molar-refractivity contribution in [1.82, 2.24) is 9.47 Å². The zero-order chi connectivity index (χ0) is 52.6. The number of hydrogen-bond donors (Lipinski definition) is 2. The lowest BCUT2D eigenvalue weighted by atomic mass is 9.81. The van der Waals surface area contributed by atoms with Crippen LogP contribution in [0, 0.1) is 29.6 Å². The van der Waals surface area contributed by atoms with Gasteiger partial charge in [-0.25, -0.2) is 4.79 Å². The minimum absolute atomic E-state index is 0.00327. The lowest BCUT2D eigenvalue weighted by Crippen LogP contribution is -2.64. The van der Waals surface area contributed by atoms with Crippen LogP contribution in [0.4, 0.5) is 0 Å². The van der Waals surface area contributed by atoms with Gasteiger partial charge in [-0.05, 0) is 132 Å². The van der Waals surface area contributed by atoms with Gasteiger partial charge in [0.25, 0.3) is 11.7 Å². The van der Waals surface area contributed by atoms with Gasteiger partial charge in [-0.3, -0.25) is 14.4 Å². The molecule has 73 heavy (non-hydrogen) atoms. The number of rotatable bonds is 11. The van der Waals surface area contributed by atoms with E-state index in [0.29, 0.717) is 57.1 Å². The van der Waals surface area contributed by atoms with Crippen LogP contribution in [0.5, 0.6) is 5.75 Å². The predicted octanol–water partition coefficient (Wildman–Crippen LogP) is 8.95. The number of nitrogens with zero attached hydrogens (tertiary/aromatic N) is 2. The SMILES string of the molecule is CCOC1CC(C=C(C)C2OC(=O)C3CCCCN3C(=O)C(=O)C3(O)OC(C(OC)CC(C)CC(C)=CC(CC)C(=O)CC(O)C2C)C(OC)CC3C)CCC1Oc1ccc2c(ccn2Cc2ccccc2)c1. The molecule has 2 bridgehead atoms. The van der Waals surface area contributed by atoms with Crippen molar-refractivity contribution in [3.8, 4) is 5.75 Å². The van der Waals surface area contributed by atoms with Gasteiger partial charge in [-0.15, -0.1) is 0 Å². The smallest absolute Gasteiger partial charge is 0.329 e. The second kappa shape index (κ2) is 25.2. The Morgan fingerprint density at radius 2 is 1.62 bits per heavy atom. The number of aliphatic hydroxyl groups excluding tert-OH is 1. The van der Waals surface area contributed by atoms with Gasteiger partial charge >= 0.3 is 5.97 Å². The molecule has 0 radical (unpaired) electrons. The third-order valence-electron chi connectivity index (χ3n) is 16.2. The lowest BCUT2D eigenvalue weighted by Gasteiger charge is -2.47. The van der Waals surface area contributed by atoms with Gasteiger partial charge in [0, 0.05) is 75.2 Å². The molecule has 14 nitrogen and oxygen atoms in total. The van der Waals surface area contributed by atoms with Crippen LogP contribution in [0.1, 0.15) is 125 Å².